The molecule has 1 unspecified atom stereocenters. The summed E-state index contributed by atoms with van der Waals surface area (Å²) in [7, 11) is -3.84. The van der Waals surface area contributed by atoms with E-state index in [-0.39, 0.29) is 28.0 Å². The van der Waals surface area contributed by atoms with Crippen LogP contribution in [-0.4, -0.2) is 80.8 Å². The summed E-state index contributed by atoms with van der Waals surface area (Å²) in [5.41, 5.74) is 10.5. The predicted octanol–water partition coefficient (Wildman–Crippen LogP) is 3.99. The van der Waals surface area contributed by atoms with Crippen molar-refractivity contribution < 1.29 is 18.0 Å². The molecule has 0 spiro atoms. The molecule has 1 atom stereocenters. The van der Waals surface area contributed by atoms with Gasteiger partial charge in [0.15, 0.2) is 9.84 Å². The number of carbonyl (C=O) groups is 2. The van der Waals surface area contributed by atoms with Crippen molar-refractivity contribution in [3.8, 4) is 5.69 Å². The highest BCUT2D eigenvalue weighted by Crippen LogP contribution is 2.35. The Morgan fingerprint density at radius 2 is 1.65 bits per heavy atom. The van der Waals surface area contributed by atoms with Crippen LogP contribution < -0.4 is 5.73 Å². The number of anilines is 1. The number of amides is 1. The normalized spacial score (nSPS) is 15.0. The first-order valence-corrected chi connectivity index (χ1v) is 16.4. The average molecular weight is 637 g/mol. The second kappa shape index (κ2) is 11.3. The smallest absolute Gasteiger partial charge is 0.219 e. The largest absolute Gasteiger partial charge is 0.383 e. The highest BCUT2D eigenvalue weighted by Gasteiger charge is 2.36. The number of nitrogens with zero attached hydrogens (tertiary/aromatic N) is 5. The number of rotatable bonds is 7. The minimum absolute atomic E-state index is 0.0342. The molecule has 7 rings (SSSR count). The van der Waals surface area contributed by atoms with E-state index in [9.17, 15) is 18.0 Å². The topological polar surface area (TPSA) is 163 Å². The van der Waals surface area contributed by atoms with Crippen molar-refractivity contribution in [2.45, 2.75) is 24.1 Å². The van der Waals surface area contributed by atoms with Gasteiger partial charge in [-0.05, 0) is 61.0 Å². The molecule has 1 saturated heterocycles. The third-order valence-corrected chi connectivity index (χ3v) is 10.6. The summed E-state index contributed by atoms with van der Waals surface area (Å²) >= 11 is 0. The van der Waals surface area contributed by atoms with Gasteiger partial charge in [-0.2, -0.15) is 5.10 Å². The van der Waals surface area contributed by atoms with Gasteiger partial charge >= 0.3 is 0 Å². The van der Waals surface area contributed by atoms with E-state index in [1.54, 1.807) is 59.5 Å². The van der Waals surface area contributed by atoms with E-state index in [4.69, 9.17) is 5.73 Å². The number of aromatic amines is 2. The summed E-state index contributed by atoms with van der Waals surface area (Å²) in [6, 6.07) is 21.0. The SMILES string of the molecule is CC(=O)N1CCN(C(c2ccc3[nH]c(C(=O)c4cnn(-c5ccc6[nH]c(C)nc6c5)c4N)cc3c2)S(=O)(=O)c2ccccc2)CC1. The van der Waals surface area contributed by atoms with Crippen LogP contribution in [0.1, 0.15) is 39.7 Å². The standard InChI is InChI=1S/C33H32N8O4S/c1-20-36-28-11-9-24(18-29(28)37-20)41-32(34)26(19-35-41)31(43)30-17-23-16-22(8-10-27(23)38-30)33(40-14-12-39(13-15-40)21(2)42)46(44,45)25-6-4-3-5-7-25/h3-11,16-19,33,38H,12-15,34H2,1-2H3,(H,36,37). The van der Waals surface area contributed by atoms with Crippen LogP contribution in [0, 0.1) is 6.92 Å². The van der Waals surface area contributed by atoms with Gasteiger partial charge in [-0.15, -0.1) is 0 Å². The van der Waals surface area contributed by atoms with Crippen LogP contribution in [0.15, 0.2) is 83.9 Å². The number of fused-ring (bicyclic) bond motifs is 2. The molecule has 0 saturated carbocycles. The maximum Gasteiger partial charge on any atom is 0.219 e. The third-order valence-electron chi connectivity index (χ3n) is 8.51. The molecule has 1 amide bonds. The van der Waals surface area contributed by atoms with Crippen molar-refractivity contribution >= 4 is 49.3 Å². The number of piperazine rings is 1. The second-order valence-corrected chi connectivity index (χ2v) is 13.5. The molecule has 0 bridgehead atoms. The van der Waals surface area contributed by atoms with Crippen molar-refractivity contribution in [1.29, 1.82) is 0 Å². The van der Waals surface area contributed by atoms with Crippen molar-refractivity contribution in [3.05, 3.63) is 102 Å². The maximum absolute atomic E-state index is 14.1. The van der Waals surface area contributed by atoms with Crippen molar-refractivity contribution in [2.24, 2.45) is 0 Å². The number of nitrogens with two attached hydrogens (primary N) is 1. The van der Waals surface area contributed by atoms with Crippen LogP contribution in [0.25, 0.3) is 27.6 Å². The summed E-state index contributed by atoms with van der Waals surface area (Å²) in [4.78, 5) is 40.3. The van der Waals surface area contributed by atoms with Gasteiger partial charge in [-0.3, -0.25) is 14.5 Å². The summed E-state index contributed by atoms with van der Waals surface area (Å²) in [6.45, 7) is 5.08. The fourth-order valence-electron chi connectivity index (χ4n) is 6.16. The van der Waals surface area contributed by atoms with Crippen molar-refractivity contribution in [3.63, 3.8) is 0 Å². The highest BCUT2D eigenvalue weighted by molar-refractivity contribution is 7.91. The number of carbonyl (C=O) groups excluding carboxylic acids is 2. The molecule has 0 radical (unpaired) electrons. The second-order valence-electron chi connectivity index (χ2n) is 11.5. The molecule has 3 aromatic heterocycles. The van der Waals surface area contributed by atoms with Gasteiger partial charge in [-0.1, -0.05) is 24.3 Å². The lowest BCUT2D eigenvalue weighted by Crippen LogP contribution is -2.50. The number of aryl methyl sites for hydroxylation is 1. The number of hydrogen-bond acceptors (Lipinski definition) is 8. The van der Waals surface area contributed by atoms with E-state index in [1.165, 1.54) is 17.8 Å². The monoisotopic (exact) mass is 636 g/mol. The van der Waals surface area contributed by atoms with Gasteiger partial charge in [0, 0.05) is 44.0 Å². The van der Waals surface area contributed by atoms with Crippen molar-refractivity contribution in [2.75, 3.05) is 31.9 Å². The zero-order chi connectivity index (χ0) is 32.2. The number of H-pyrrole nitrogens is 2. The minimum Gasteiger partial charge on any atom is -0.383 e. The Morgan fingerprint density at radius 1 is 0.913 bits per heavy atom. The number of imidazole rings is 1. The number of benzene rings is 3. The molecule has 1 aliphatic heterocycles. The molecule has 3 aromatic carbocycles. The Balaban J connectivity index is 1.22. The van der Waals surface area contributed by atoms with Gasteiger partial charge in [0.25, 0.3) is 0 Å². The molecule has 6 aromatic rings. The molecule has 12 nitrogen and oxygen atoms in total. The van der Waals surface area contributed by atoms with Crippen molar-refractivity contribution in [1.82, 2.24) is 34.5 Å². The van der Waals surface area contributed by atoms with E-state index in [2.05, 4.69) is 20.1 Å². The first-order chi connectivity index (χ1) is 22.1. The van der Waals surface area contributed by atoms with Crippen LogP contribution in [0.3, 0.4) is 0 Å². The maximum atomic E-state index is 14.1. The zero-order valence-corrected chi connectivity index (χ0v) is 26.1. The number of aromatic nitrogens is 5. The van der Waals surface area contributed by atoms with Gasteiger partial charge in [0.05, 0.1) is 39.1 Å². The zero-order valence-electron chi connectivity index (χ0n) is 25.3. The Morgan fingerprint density at radius 3 is 2.39 bits per heavy atom. The molecule has 46 heavy (non-hydrogen) atoms. The van der Waals surface area contributed by atoms with E-state index in [1.807, 2.05) is 30.0 Å². The van der Waals surface area contributed by atoms with Gasteiger partial charge < -0.3 is 20.6 Å². The van der Waals surface area contributed by atoms with Crippen LogP contribution in [0.5, 0.6) is 0 Å². The molecule has 0 aliphatic carbocycles. The number of nitrogen functional groups attached to an aromatic ring is 1. The molecule has 234 valence electrons. The van der Waals surface area contributed by atoms with E-state index in [0.717, 1.165) is 16.9 Å². The molecule has 4 heterocycles. The number of hydrogen-bond donors (Lipinski definition) is 3. The molecular formula is C33H32N8O4S. The van der Waals surface area contributed by atoms with Gasteiger partial charge in [0.1, 0.15) is 17.0 Å². The van der Waals surface area contributed by atoms with E-state index < -0.39 is 15.2 Å². The minimum atomic E-state index is -3.84. The van der Waals surface area contributed by atoms with Crippen LogP contribution in [-0.2, 0) is 14.6 Å². The lowest BCUT2D eigenvalue weighted by molar-refractivity contribution is -0.130. The Hall–Kier alpha value is -5.27. The lowest BCUT2D eigenvalue weighted by Gasteiger charge is -2.38. The summed E-state index contributed by atoms with van der Waals surface area (Å²) in [5, 5.41) is 4.09. The summed E-state index contributed by atoms with van der Waals surface area (Å²) in [5.74, 6) is 0.604. The Kier molecular flexibility index (Phi) is 7.21. The lowest BCUT2D eigenvalue weighted by atomic mass is 10.1. The summed E-state index contributed by atoms with van der Waals surface area (Å²) in [6.07, 6.45) is 1.44. The first-order valence-electron chi connectivity index (χ1n) is 14.9. The molecule has 1 fully saturated rings. The first kappa shape index (κ1) is 29.4. The highest BCUT2D eigenvalue weighted by atomic mass is 32.2. The fourth-order valence-corrected chi connectivity index (χ4v) is 8.06. The molecule has 1 aliphatic rings. The van der Waals surface area contributed by atoms with E-state index in [0.29, 0.717) is 54.0 Å². The van der Waals surface area contributed by atoms with Crippen LogP contribution in [0.4, 0.5) is 5.82 Å². The number of ketones is 1. The number of nitrogens with one attached hydrogen (secondary N) is 2. The predicted molar refractivity (Wildman–Crippen MR) is 174 cm³/mol. The summed E-state index contributed by atoms with van der Waals surface area (Å²) < 4.78 is 29.7. The van der Waals surface area contributed by atoms with Gasteiger partial charge in [-0.25, -0.2) is 18.1 Å². The average Bonchev–Trinajstić information content (AvgIpc) is 3.76. The number of sulfone groups is 1. The van der Waals surface area contributed by atoms with Gasteiger partial charge in [0.2, 0.25) is 11.7 Å². The molecule has 4 N–H and O–H groups in total. The Bertz CT molecular complexity index is 2230. The molecule has 13 heteroatoms. The van der Waals surface area contributed by atoms with Crippen LogP contribution >= 0.6 is 0 Å². The molecular weight excluding hydrogens is 604 g/mol. The van der Waals surface area contributed by atoms with Crippen LogP contribution in [0.2, 0.25) is 0 Å². The fraction of sp³-hybridized carbons (Fsp3) is 0.212. The quantitative estimate of drug-likeness (QED) is 0.222. The third kappa shape index (κ3) is 5.12. The Labute approximate surface area is 264 Å². The van der Waals surface area contributed by atoms with E-state index >= 15 is 0 Å².